The number of hydrogen-bond acceptors (Lipinski definition) is 2. The molecule has 0 amide bonds. The van der Waals surface area contributed by atoms with Crippen LogP contribution in [0.1, 0.15) is 46.5 Å². The fourth-order valence-corrected chi connectivity index (χ4v) is 2.65. The topological polar surface area (TPSA) is 23.5 Å². The van der Waals surface area contributed by atoms with Gasteiger partial charge in [-0.25, -0.2) is 0 Å². The van der Waals surface area contributed by atoms with Gasteiger partial charge in [0.25, 0.3) is 0 Å². The Morgan fingerprint density at radius 1 is 1.27 bits per heavy atom. The van der Waals surface area contributed by atoms with Crippen molar-refractivity contribution in [2.24, 2.45) is 11.8 Å². The summed E-state index contributed by atoms with van der Waals surface area (Å²) in [6.07, 6.45) is 5.60. The van der Waals surface area contributed by atoms with E-state index in [1.165, 1.54) is 32.2 Å². The van der Waals surface area contributed by atoms with E-state index in [4.69, 9.17) is 5.11 Å². The summed E-state index contributed by atoms with van der Waals surface area (Å²) in [7, 11) is 0. The van der Waals surface area contributed by atoms with E-state index in [2.05, 4.69) is 25.7 Å². The Balaban J connectivity index is 2.41. The van der Waals surface area contributed by atoms with Crippen LogP contribution in [0, 0.1) is 11.8 Å². The molecular weight excluding hydrogens is 186 g/mol. The van der Waals surface area contributed by atoms with Gasteiger partial charge in [-0.2, -0.15) is 0 Å². The molecule has 0 spiro atoms. The van der Waals surface area contributed by atoms with Crippen LogP contribution in [-0.2, 0) is 0 Å². The van der Waals surface area contributed by atoms with Crippen molar-refractivity contribution in [1.82, 2.24) is 4.90 Å². The van der Waals surface area contributed by atoms with E-state index in [1.807, 2.05) is 0 Å². The third-order valence-corrected chi connectivity index (χ3v) is 3.88. The van der Waals surface area contributed by atoms with Gasteiger partial charge in [0, 0.05) is 19.1 Å². The average molecular weight is 213 g/mol. The first-order valence-corrected chi connectivity index (χ1v) is 6.50. The van der Waals surface area contributed by atoms with Crippen LogP contribution in [-0.4, -0.2) is 35.7 Å². The summed E-state index contributed by atoms with van der Waals surface area (Å²) >= 11 is 0. The summed E-state index contributed by atoms with van der Waals surface area (Å²) in [5.74, 6) is 1.73. The first-order valence-electron chi connectivity index (χ1n) is 6.50. The molecule has 0 radical (unpaired) electrons. The van der Waals surface area contributed by atoms with Crippen molar-refractivity contribution in [2.75, 3.05) is 19.7 Å². The monoisotopic (exact) mass is 213 g/mol. The fraction of sp³-hybridized carbons (Fsp3) is 1.00. The van der Waals surface area contributed by atoms with Crippen LogP contribution in [0.3, 0.4) is 0 Å². The summed E-state index contributed by atoms with van der Waals surface area (Å²) in [5.41, 5.74) is 0. The van der Waals surface area contributed by atoms with Gasteiger partial charge in [-0.05, 0) is 32.1 Å². The van der Waals surface area contributed by atoms with Crippen molar-refractivity contribution >= 4 is 0 Å². The highest BCUT2D eigenvalue weighted by atomic mass is 16.3. The molecule has 1 fully saturated rings. The van der Waals surface area contributed by atoms with Crippen LogP contribution in [0.15, 0.2) is 0 Å². The Kier molecular flexibility index (Phi) is 5.62. The summed E-state index contributed by atoms with van der Waals surface area (Å²) < 4.78 is 0. The normalized spacial score (nSPS) is 27.6. The maximum Gasteiger partial charge on any atom is 0.0558 e. The molecule has 1 N–H and O–H groups in total. The van der Waals surface area contributed by atoms with Crippen LogP contribution >= 0.6 is 0 Å². The fourth-order valence-electron chi connectivity index (χ4n) is 2.65. The molecule has 0 aliphatic heterocycles. The molecule has 0 bridgehead atoms. The largest absolute Gasteiger partial charge is 0.395 e. The summed E-state index contributed by atoms with van der Waals surface area (Å²) in [5, 5.41) is 9.04. The quantitative estimate of drug-likeness (QED) is 0.758. The summed E-state index contributed by atoms with van der Waals surface area (Å²) in [6.45, 7) is 9.15. The zero-order valence-electron chi connectivity index (χ0n) is 10.6. The number of nitrogens with zero attached hydrogens (tertiary/aromatic N) is 1. The third kappa shape index (κ3) is 4.12. The zero-order valence-corrected chi connectivity index (χ0v) is 10.6. The lowest BCUT2D eigenvalue weighted by molar-refractivity contribution is 0.112. The van der Waals surface area contributed by atoms with Crippen LogP contribution in [0.2, 0.25) is 0 Å². The Hall–Kier alpha value is -0.0800. The molecule has 15 heavy (non-hydrogen) atoms. The maximum atomic E-state index is 9.04. The predicted molar refractivity (Wildman–Crippen MR) is 64.9 cm³/mol. The molecule has 0 aromatic heterocycles. The van der Waals surface area contributed by atoms with E-state index in [9.17, 15) is 0 Å². The molecule has 1 saturated carbocycles. The standard InChI is InChI=1S/C13H27NO/c1-11(2)14(8-9-15)10-13-7-5-4-6-12(13)3/h11-13,15H,4-10H2,1-3H3. The molecule has 1 aliphatic rings. The van der Waals surface area contributed by atoms with Gasteiger partial charge in [-0.3, -0.25) is 4.90 Å². The van der Waals surface area contributed by atoms with Gasteiger partial charge in [0.1, 0.15) is 0 Å². The molecule has 2 atom stereocenters. The second-order valence-corrected chi connectivity index (χ2v) is 5.33. The van der Waals surface area contributed by atoms with Gasteiger partial charge in [0.15, 0.2) is 0 Å². The minimum absolute atomic E-state index is 0.291. The van der Waals surface area contributed by atoms with Crippen molar-refractivity contribution in [2.45, 2.75) is 52.5 Å². The van der Waals surface area contributed by atoms with Crippen molar-refractivity contribution in [1.29, 1.82) is 0 Å². The first-order chi connectivity index (χ1) is 7.15. The molecule has 2 heteroatoms. The summed E-state index contributed by atoms with van der Waals surface area (Å²) in [6, 6.07) is 0.561. The molecule has 90 valence electrons. The van der Waals surface area contributed by atoms with Gasteiger partial charge >= 0.3 is 0 Å². The lowest BCUT2D eigenvalue weighted by Gasteiger charge is -2.35. The minimum atomic E-state index is 0.291. The van der Waals surface area contributed by atoms with Gasteiger partial charge in [0.05, 0.1) is 6.61 Å². The van der Waals surface area contributed by atoms with Crippen molar-refractivity contribution in [3.8, 4) is 0 Å². The van der Waals surface area contributed by atoms with Crippen molar-refractivity contribution < 1.29 is 5.11 Å². The minimum Gasteiger partial charge on any atom is -0.395 e. The Morgan fingerprint density at radius 2 is 1.93 bits per heavy atom. The second kappa shape index (κ2) is 6.49. The van der Waals surface area contributed by atoms with Crippen molar-refractivity contribution in [3.05, 3.63) is 0 Å². The van der Waals surface area contributed by atoms with E-state index in [1.54, 1.807) is 0 Å². The van der Waals surface area contributed by atoms with Crippen molar-refractivity contribution in [3.63, 3.8) is 0 Å². The molecule has 0 heterocycles. The zero-order chi connectivity index (χ0) is 11.3. The van der Waals surface area contributed by atoms with Crippen LogP contribution < -0.4 is 0 Å². The number of rotatable bonds is 5. The predicted octanol–water partition coefficient (Wildman–Crippen LogP) is 2.52. The average Bonchev–Trinajstić information content (AvgIpc) is 2.20. The lowest BCUT2D eigenvalue weighted by atomic mass is 9.80. The third-order valence-electron chi connectivity index (χ3n) is 3.88. The smallest absolute Gasteiger partial charge is 0.0558 e. The molecular formula is C13H27NO. The van der Waals surface area contributed by atoms with Gasteiger partial charge in [-0.1, -0.05) is 26.2 Å². The molecule has 1 rings (SSSR count). The second-order valence-electron chi connectivity index (χ2n) is 5.33. The molecule has 0 aromatic carbocycles. The Bertz CT molecular complexity index is 168. The van der Waals surface area contributed by atoms with Crippen LogP contribution in [0.5, 0.6) is 0 Å². The molecule has 1 aliphatic carbocycles. The Labute approximate surface area is 94.7 Å². The van der Waals surface area contributed by atoms with Gasteiger partial charge < -0.3 is 5.11 Å². The van der Waals surface area contributed by atoms with Crippen LogP contribution in [0.4, 0.5) is 0 Å². The van der Waals surface area contributed by atoms with E-state index >= 15 is 0 Å². The molecule has 2 nitrogen and oxygen atoms in total. The van der Waals surface area contributed by atoms with Gasteiger partial charge in [-0.15, -0.1) is 0 Å². The molecule has 0 aromatic rings. The Morgan fingerprint density at radius 3 is 2.47 bits per heavy atom. The number of aliphatic hydroxyl groups is 1. The summed E-state index contributed by atoms with van der Waals surface area (Å²) in [4.78, 5) is 2.42. The highest BCUT2D eigenvalue weighted by Gasteiger charge is 2.24. The SMILES string of the molecule is CC1CCCCC1CN(CCO)C(C)C. The van der Waals surface area contributed by atoms with Crippen LogP contribution in [0.25, 0.3) is 0 Å². The lowest BCUT2D eigenvalue weighted by Crippen LogP contribution is -2.39. The van der Waals surface area contributed by atoms with E-state index in [-0.39, 0.29) is 0 Å². The number of aliphatic hydroxyl groups excluding tert-OH is 1. The molecule has 2 unspecified atom stereocenters. The van der Waals surface area contributed by atoms with E-state index < -0.39 is 0 Å². The highest BCUT2D eigenvalue weighted by Crippen LogP contribution is 2.30. The highest BCUT2D eigenvalue weighted by molar-refractivity contribution is 4.76. The maximum absolute atomic E-state index is 9.04. The molecule has 0 saturated heterocycles. The first kappa shape index (κ1) is 13.0. The number of hydrogen-bond donors (Lipinski definition) is 1. The van der Waals surface area contributed by atoms with E-state index in [0.717, 1.165) is 18.4 Å². The van der Waals surface area contributed by atoms with Gasteiger partial charge in [0.2, 0.25) is 0 Å². The van der Waals surface area contributed by atoms with E-state index in [0.29, 0.717) is 12.6 Å².